The van der Waals surface area contributed by atoms with Crippen molar-refractivity contribution in [1.29, 1.82) is 0 Å². The summed E-state index contributed by atoms with van der Waals surface area (Å²) >= 11 is 0. The van der Waals surface area contributed by atoms with Gasteiger partial charge in [0.15, 0.2) is 0 Å². The zero-order valence-electron chi connectivity index (χ0n) is 29.1. The highest BCUT2D eigenvalue weighted by Gasteiger charge is 2.13. The summed E-state index contributed by atoms with van der Waals surface area (Å²) < 4.78 is 0. The Hall–Kier alpha value is -7.30. The first-order chi connectivity index (χ1) is 26.7. The second-order valence-corrected chi connectivity index (χ2v) is 13.9. The molecule has 4 aromatic heterocycles. The van der Waals surface area contributed by atoms with E-state index in [1.165, 1.54) is 21.5 Å². The molecule has 0 aliphatic carbocycles. The van der Waals surface area contributed by atoms with Gasteiger partial charge >= 0.3 is 0 Å². The molecule has 0 radical (unpaired) electrons. The Kier molecular flexibility index (Phi) is 6.82. The topological polar surface area (TPSA) is 51.6 Å². The van der Waals surface area contributed by atoms with Gasteiger partial charge in [0.05, 0.1) is 33.5 Å². The third-order valence-corrected chi connectivity index (χ3v) is 10.7. The van der Waals surface area contributed by atoms with Crippen molar-refractivity contribution in [1.82, 2.24) is 19.9 Å². The zero-order chi connectivity index (χ0) is 35.6. The van der Waals surface area contributed by atoms with Crippen molar-refractivity contribution in [3.8, 4) is 44.8 Å². The summed E-state index contributed by atoms with van der Waals surface area (Å²) in [4.78, 5) is 19.7. The molecule has 0 atom stereocenters. The van der Waals surface area contributed by atoms with Gasteiger partial charge in [0.25, 0.3) is 0 Å². The molecule has 0 N–H and O–H groups in total. The Balaban J connectivity index is 0.948. The van der Waals surface area contributed by atoms with Gasteiger partial charge in [-0.05, 0) is 92.3 Å². The van der Waals surface area contributed by atoms with Crippen molar-refractivity contribution in [3.05, 3.63) is 182 Å². The fourth-order valence-corrected chi connectivity index (χ4v) is 8.01. The quantitative estimate of drug-likeness (QED) is 0.173. The molecule has 0 aliphatic heterocycles. The molecule has 4 nitrogen and oxygen atoms in total. The number of aromatic nitrogens is 4. The molecule has 11 rings (SSSR count). The lowest BCUT2D eigenvalue weighted by molar-refractivity contribution is 1.37. The molecule has 0 aliphatic rings. The van der Waals surface area contributed by atoms with E-state index in [-0.39, 0.29) is 0 Å². The second kappa shape index (κ2) is 12.1. The van der Waals surface area contributed by atoms with Crippen molar-refractivity contribution >= 4 is 65.2 Å². The molecule has 0 fully saturated rings. The van der Waals surface area contributed by atoms with Crippen LogP contribution in [-0.4, -0.2) is 19.9 Å². The molecule has 0 bridgehead atoms. The molecule has 0 saturated heterocycles. The average Bonchev–Trinajstić information content (AvgIpc) is 3.25. The zero-order valence-corrected chi connectivity index (χ0v) is 29.1. The first-order valence-corrected chi connectivity index (χ1v) is 18.2. The number of pyridine rings is 4. The molecule has 4 heteroatoms. The highest BCUT2D eigenvalue weighted by Crippen LogP contribution is 2.37. The summed E-state index contributed by atoms with van der Waals surface area (Å²) in [7, 11) is 0. The van der Waals surface area contributed by atoms with E-state index in [1.54, 1.807) is 0 Å². The van der Waals surface area contributed by atoms with Crippen molar-refractivity contribution < 1.29 is 0 Å². The molecule has 7 aromatic carbocycles. The summed E-state index contributed by atoms with van der Waals surface area (Å²) in [6.07, 6.45) is 3.66. The number of hydrogen-bond acceptors (Lipinski definition) is 4. The Morgan fingerprint density at radius 2 is 0.833 bits per heavy atom. The predicted molar refractivity (Wildman–Crippen MR) is 224 cm³/mol. The molecule has 0 amide bonds. The summed E-state index contributed by atoms with van der Waals surface area (Å²) in [6.45, 7) is 0. The van der Waals surface area contributed by atoms with Crippen LogP contribution in [0.25, 0.3) is 110 Å². The lowest BCUT2D eigenvalue weighted by Gasteiger charge is -2.12. The molecule has 0 unspecified atom stereocenters. The van der Waals surface area contributed by atoms with E-state index >= 15 is 0 Å². The maximum Gasteiger partial charge on any atom is 0.0970 e. The number of fused-ring (bicyclic) bond motifs is 8. The minimum Gasteiger partial charge on any atom is -0.254 e. The van der Waals surface area contributed by atoms with Crippen LogP contribution in [0.3, 0.4) is 0 Å². The highest BCUT2D eigenvalue weighted by molar-refractivity contribution is 6.14. The minimum atomic E-state index is 0.919. The molecule has 54 heavy (non-hydrogen) atoms. The van der Waals surface area contributed by atoms with Crippen molar-refractivity contribution in [2.45, 2.75) is 0 Å². The van der Waals surface area contributed by atoms with Gasteiger partial charge in [-0.1, -0.05) is 121 Å². The Morgan fingerprint density at radius 3 is 1.61 bits per heavy atom. The van der Waals surface area contributed by atoms with Crippen molar-refractivity contribution in [2.24, 2.45) is 0 Å². The van der Waals surface area contributed by atoms with Gasteiger partial charge in [-0.15, -0.1) is 0 Å². The third-order valence-electron chi connectivity index (χ3n) is 10.7. The van der Waals surface area contributed by atoms with Gasteiger partial charge < -0.3 is 0 Å². The van der Waals surface area contributed by atoms with Crippen LogP contribution in [0, 0.1) is 0 Å². The molecule has 250 valence electrons. The van der Waals surface area contributed by atoms with E-state index in [1.807, 2.05) is 24.5 Å². The van der Waals surface area contributed by atoms with Gasteiger partial charge in [-0.3, -0.25) is 9.97 Å². The molecular weight excluding hydrogens is 657 g/mol. The normalized spacial score (nSPS) is 11.7. The van der Waals surface area contributed by atoms with Crippen LogP contribution < -0.4 is 0 Å². The Morgan fingerprint density at radius 1 is 0.296 bits per heavy atom. The van der Waals surface area contributed by atoms with Crippen molar-refractivity contribution in [2.75, 3.05) is 0 Å². The van der Waals surface area contributed by atoms with E-state index in [2.05, 4.69) is 163 Å². The second-order valence-electron chi connectivity index (χ2n) is 13.9. The van der Waals surface area contributed by atoms with Crippen LogP contribution in [0.2, 0.25) is 0 Å². The van der Waals surface area contributed by atoms with Crippen LogP contribution in [0.5, 0.6) is 0 Å². The standard InChI is InChI=1S/C50H30N4/c1-2-9-39-37(7-1)27-44(41-11-4-3-10-40(39)41)46-24-22-34-18-20-36(30-48(34)54-46)35-19-17-33-21-23-45(53-47(33)29-35)32-15-13-31(14-16-32)43-28-38-8-5-25-51-49(38)50-42(43)12-6-26-52-50/h1-30H. The molecule has 4 heterocycles. The maximum absolute atomic E-state index is 5.24. The molecule has 11 aromatic rings. The van der Waals surface area contributed by atoms with Gasteiger partial charge in [0, 0.05) is 45.1 Å². The van der Waals surface area contributed by atoms with Crippen LogP contribution in [0.15, 0.2) is 182 Å². The first kappa shape index (κ1) is 30.3. The van der Waals surface area contributed by atoms with Crippen LogP contribution in [0.4, 0.5) is 0 Å². The van der Waals surface area contributed by atoms with E-state index in [4.69, 9.17) is 15.0 Å². The largest absolute Gasteiger partial charge is 0.254 e. The summed E-state index contributed by atoms with van der Waals surface area (Å²) in [5.74, 6) is 0. The van der Waals surface area contributed by atoms with Gasteiger partial charge in [-0.2, -0.15) is 0 Å². The van der Waals surface area contributed by atoms with E-state index in [0.29, 0.717) is 0 Å². The van der Waals surface area contributed by atoms with Crippen molar-refractivity contribution in [3.63, 3.8) is 0 Å². The predicted octanol–water partition coefficient (Wildman–Crippen LogP) is 12.9. The van der Waals surface area contributed by atoms with Crippen LogP contribution >= 0.6 is 0 Å². The third kappa shape index (κ3) is 5.00. The number of hydrogen-bond donors (Lipinski definition) is 0. The number of nitrogens with zero attached hydrogens (tertiary/aromatic N) is 4. The number of rotatable bonds is 4. The fraction of sp³-hybridized carbons (Fsp3) is 0. The molecule has 0 spiro atoms. The molecular formula is C50H30N4. The maximum atomic E-state index is 5.24. The fourth-order valence-electron chi connectivity index (χ4n) is 8.01. The van der Waals surface area contributed by atoms with E-state index < -0.39 is 0 Å². The summed E-state index contributed by atoms with van der Waals surface area (Å²) in [5, 5.41) is 9.32. The summed E-state index contributed by atoms with van der Waals surface area (Å²) in [6, 6.07) is 60.2. The lowest BCUT2D eigenvalue weighted by atomic mass is 9.95. The summed E-state index contributed by atoms with van der Waals surface area (Å²) in [5.41, 5.74) is 12.4. The van der Waals surface area contributed by atoms with Gasteiger partial charge in [0.2, 0.25) is 0 Å². The Bertz CT molecular complexity index is 3280. The Labute approximate surface area is 311 Å². The monoisotopic (exact) mass is 686 g/mol. The first-order valence-electron chi connectivity index (χ1n) is 18.2. The van der Waals surface area contributed by atoms with E-state index in [9.17, 15) is 0 Å². The molecule has 0 saturated carbocycles. The van der Waals surface area contributed by atoms with Gasteiger partial charge in [0.1, 0.15) is 0 Å². The van der Waals surface area contributed by atoms with Crippen LogP contribution in [0.1, 0.15) is 0 Å². The SMILES string of the molecule is c1ccc2c(c1)cc(-c1ccc3ccc(-c4ccc5ccc(-c6ccc(-c7cc8cccnc8c8ncccc78)cc6)nc5c4)cc3n1)c1ccccc12. The smallest absolute Gasteiger partial charge is 0.0970 e. The lowest BCUT2D eigenvalue weighted by Crippen LogP contribution is -1.90. The minimum absolute atomic E-state index is 0.919. The highest BCUT2D eigenvalue weighted by atomic mass is 14.7. The van der Waals surface area contributed by atoms with Crippen LogP contribution in [-0.2, 0) is 0 Å². The number of benzene rings is 7. The van der Waals surface area contributed by atoms with E-state index in [0.717, 1.165) is 88.4 Å². The van der Waals surface area contributed by atoms with Gasteiger partial charge in [-0.25, -0.2) is 9.97 Å². The average molecular weight is 687 g/mol.